The molecule has 0 bridgehead atoms. The Morgan fingerprint density at radius 1 is 1.33 bits per heavy atom. The number of aryl methyl sites for hydroxylation is 1. The fourth-order valence-electron chi connectivity index (χ4n) is 4.43. The Hall–Kier alpha value is -0.420. The number of rotatable bonds is 2. The van der Waals surface area contributed by atoms with Gasteiger partial charge in [-0.2, -0.15) is 0 Å². The highest BCUT2D eigenvalue weighted by Crippen LogP contribution is 2.44. The summed E-state index contributed by atoms with van der Waals surface area (Å²) in [6, 6.07) is 2.24. The molecule has 1 spiro atoms. The molecule has 3 nitrogen and oxygen atoms in total. The molecule has 0 amide bonds. The topological polar surface area (TPSA) is 38.7 Å². The molecule has 4 heteroatoms. The molecule has 3 heterocycles. The summed E-state index contributed by atoms with van der Waals surface area (Å²) in [5, 5.41) is 13.2. The van der Waals surface area contributed by atoms with E-state index in [1.54, 1.807) is 0 Å². The van der Waals surface area contributed by atoms with Gasteiger partial charge in [0.25, 0.3) is 0 Å². The Bertz CT molecular complexity index is 492. The molecular weight excluding hydrogens is 284 g/mol. The van der Waals surface area contributed by atoms with E-state index in [2.05, 4.69) is 11.4 Å². The molecular formula is C17H24O3S. The predicted molar refractivity (Wildman–Crippen MR) is 82.8 cm³/mol. The van der Waals surface area contributed by atoms with Gasteiger partial charge < -0.3 is 14.6 Å². The lowest BCUT2D eigenvalue weighted by molar-refractivity contribution is -0.119. The Morgan fingerprint density at radius 2 is 2.29 bits per heavy atom. The van der Waals surface area contributed by atoms with Gasteiger partial charge in [0.15, 0.2) is 0 Å². The van der Waals surface area contributed by atoms with Crippen LogP contribution < -0.4 is 0 Å². The summed E-state index contributed by atoms with van der Waals surface area (Å²) in [6.07, 6.45) is 6.26. The lowest BCUT2D eigenvalue weighted by atomic mass is 9.74. The number of aliphatic hydroxyl groups is 1. The van der Waals surface area contributed by atoms with Crippen molar-refractivity contribution >= 4 is 11.3 Å². The number of hydrogen-bond acceptors (Lipinski definition) is 4. The summed E-state index contributed by atoms with van der Waals surface area (Å²) in [6.45, 7) is 2.29. The second-order valence-corrected chi connectivity index (χ2v) is 7.88. The molecule has 2 aliphatic heterocycles. The quantitative estimate of drug-likeness (QED) is 0.912. The van der Waals surface area contributed by atoms with Crippen molar-refractivity contribution in [3.63, 3.8) is 0 Å². The molecule has 4 atom stereocenters. The van der Waals surface area contributed by atoms with Crippen LogP contribution >= 0.6 is 11.3 Å². The molecule has 2 saturated heterocycles. The van der Waals surface area contributed by atoms with Gasteiger partial charge >= 0.3 is 0 Å². The lowest BCUT2D eigenvalue weighted by Crippen LogP contribution is -2.45. The molecule has 1 aromatic heterocycles. The zero-order chi connectivity index (χ0) is 14.3. The Morgan fingerprint density at radius 3 is 3.14 bits per heavy atom. The van der Waals surface area contributed by atoms with Gasteiger partial charge in [0.1, 0.15) is 0 Å². The average molecular weight is 308 g/mol. The summed E-state index contributed by atoms with van der Waals surface area (Å²) >= 11 is 1.86. The molecule has 0 aromatic carbocycles. The van der Waals surface area contributed by atoms with Gasteiger partial charge in [0.05, 0.1) is 18.3 Å². The van der Waals surface area contributed by atoms with Crippen LogP contribution in [0.3, 0.4) is 0 Å². The van der Waals surface area contributed by atoms with E-state index in [0.29, 0.717) is 18.4 Å². The van der Waals surface area contributed by atoms with Crippen molar-refractivity contribution in [1.29, 1.82) is 0 Å². The smallest absolute Gasteiger partial charge is 0.0940 e. The van der Waals surface area contributed by atoms with E-state index in [-0.39, 0.29) is 11.7 Å². The van der Waals surface area contributed by atoms with Crippen LogP contribution in [0.4, 0.5) is 0 Å². The summed E-state index contributed by atoms with van der Waals surface area (Å²) < 4.78 is 11.6. The zero-order valence-corrected chi connectivity index (χ0v) is 13.2. The fourth-order valence-corrected chi connectivity index (χ4v) is 5.42. The van der Waals surface area contributed by atoms with Crippen LogP contribution in [0.5, 0.6) is 0 Å². The minimum atomic E-state index is -0.222. The molecule has 21 heavy (non-hydrogen) atoms. The third kappa shape index (κ3) is 2.56. The van der Waals surface area contributed by atoms with Crippen LogP contribution in [-0.2, 0) is 15.9 Å². The number of aliphatic hydroxyl groups excluding tert-OH is 1. The minimum absolute atomic E-state index is 0.101. The molecule has 0 radical (unpaired) electrons. The standard InChI is InChI=1S/C17H24O3S/c18-16(14-2-1-3-15-13(14)5-9-21-15)12-4-7-20-17(10-12)6-8-19-11-17/h5,9,12,14,16,18H,1-4,6-8,10-11H2. The van der Waals surface area contributed by atoms with E-state index in [1.807, 2.05) is 11.3 Å². The van der Waals surface area contributed by atoms with E-state index in [0.717, 1.165) is 38.9 Å². The lowest BCUT2D eigenvalue weighted by Gasteiger charge is -2.41. The number of thiophene rings is 1. The van der Waals surface area contributed by atoms with Crippen molar-refractivity contribution in [2.75, 3.05) is 19.8 Å². The first-order valence-corrected chi connectivity index (χ1v) is 9.11. The molecule has 2 fully saturated rings. The van der Waals surface area contributed by atoms with Crippen molar-refractivity contribution in [2.24, 2.45) is 5.92 Å². The number of hydrogen-bond donors (Lipinski definition) is 1. The Balaban J connectivity index is 1.51. The molecule has 1 aliphatic carbocycles. The minimum Gasteiger partial charge on any atom is -0.392 e. The predicted octanol–water partition coefficient (Wildman–Crippen LogP) is 3.11. The first kappa shape index (κ1) is 14.2. The maximum absolute atomic E-state index is 11.0. The van der Waals surface area contributed by atoms with Crippen LogP contribution in [0.1, 0.15) is 48.5 Å². The normalized spacial score (nSPS) is 37.6. The fraction of sp³-hybridized carbons (Fsp3) is 0.765. The highest BCUT2D eigenvalue weighted by Gasteiger charge is 2.44. The zero-order valence-electron chi connectivity index (χ0n) is 12.4. The molecule has 1 aromatic rings. The van der Waals surface area contributed by atoms with Gasteiger partial charge in [-0.3, -0.25) is 0 Å². The van der Waals surface area contributed by atoms with Crippen LogP contribution in [0.25, 0.3) is 0 Å². The first-order valence-electron chi connectivity index (χ1n) is 8.23. The van der Waals surface area contributed by atoms with E-state index < -0.39 is 0 Å². The second kappa shape index (κ2) is 5.65. The van der Waals surface area contributed by atoms with Crippen LogP contribution in [0.15, 0.2) is 11.4 Å². The molecule has 4 rings (SSSR count). The third-order valence-corrected chi connectivity index (χ3v) is 6.59. The second-order valence-electron chi connectivity index (χ2n) is 6.88. The highest BCUT2D eigenvalue weighted by molar-refractivity contribution is 7.10. The van der Waals surface area contributed by atoms with Crippen molar-refractivity contribution in [3.8, 4) is 0 Å². The van der Waals surface area contributed by atoms with E-state index in [1.165, 1.54) is 23.3 Å². The van der Waals surface area contributed by atoms with Gasteiger partial charge in [-0.25, -0.2) is 0 Å². The maximum atomic E-state index is 11.0. The molecule has 1 N–H and O–H groups in total. The van der Waals surface area contributed by atoms with Crippen LogP contribution in [0.2, 0.25) is 0 Å². The first-order chi connectivity index (χ1) is 10.3. The van der Waals surface area contributed by atoms with Crippen molar-refractivity contribution in [1.82, 2.24) is 0 Å². The molecule has 3 aliphatic rings. The largest absolute Gasteiger partial charge is 0.392 e. The molecule has 4 unspecified atom stereocenters. The Labute approximate surface area is 130 Å². The monoisotopic (exact) mass is 308 g/mol. The Kier molecular flexibility index (Phi) is 3.82. The van der Waals surface area contributed by atoms with Gasteiger partial charge in [-0.1, -0.05) is 0 Å². The van der Waals surface area contributed by atoms with Gasteiger partial charge in [-0.15, -0.1) is 11.3 Å². The van der Waals surface area contributed by atoms with E-state index >= 15 is 0 Å². The van der Waals surface area contributed by atoms with Crippen molar-refractivity contribution in [3.05, 3.63) is 21.9 Å². The van der Waals surface area contributed by atoms with Crippen LogP contribution in [-0.4, -0.2) is 36.6 Å². The van der Waals surface area contributed by atoms with Crippen molar-refractivity contribution in [2.45, 2.75) is 56.1 Å². The molecule has 0 saturated carbocycles. The highest BCUT2D eigenvalue weighted by atomic mass is 32.1. The summed E-state index contributed by atoms with van der Waals surface area (Å²) in [4.78, 5) is 1.50. The number of ether oxygens (including phenoxy) is 2. The van der Waals surface area contributed by atoms with E-state index in [4.69, 9.17) is 9.47 Å². The SMILES string of the molecule is OC(C1CCOC2(CCOC2)C1)C1CCCc2sccc21. The van der Waals surface area contributed by atoms with Gasteiger partial charge in [0, 0.05) is 30.4 Å². The summed E-state index contributed by atoms with van der Waals surface area (Å²) in [7, 11) is 0. The van der Waals surface area contributed by atoms with E-state index in [9.17, 15) is 5.11 Å². The summed E-state index contributed by atoms with van der Waals surface area (Å²) in [5.41, 5.74) is 1.32. The number of fused-ring (bicyclic) bond motifs is 1. The summed E-state index contributed by atoms with van der Waals surface area (Å²) in [5.74, 6) is 0.693. The van der Waals surface area contributed by atoms with Gasteiger partial charge in [-0.05, 0) is 55.0 Å². The average Bonchev–Trinajstić information content (AvgIpc) is 3.15. The third-order valence-electron chi connectivity index (χ3n) is 5.59. The van der Waals surface area contributed by atoms with Crippen LogP contribution in [0, 0.1) is 5.92 Å². The van der Waals surface area contributed by atoms with Gasteiger partial charge in [0.2, 0.25) is 0 Å². The maximum Gasteiger partial charge on any atom is 0.0940 e. The molecule has 116 valence electrons. The van der Waals surface area contributed by atoms with Crippen molar-refractivity contribution < 1.29 is 14.6 Å².